The van der Waals surface area contributed by atoms with Gasteiger partial charge in [-0.3, -0.25) is 5.10 Å². The largest absolute Gasteiger partial charge is 0.332 e. The molecule has 21 heavy (non-hydrogen) atoms. The van der Waals surface area contributed by atoms with Gasteiger partial charge in [0.2, 0.25) is 0 Å². The first kappa shape index (κ1) is 13.3. The van der Waals surface area contributed by atoms with Crippen molar-refractivity contribution in [2.24, 2.45) is 4.99 Å². The molecular weight excluding hydrogens is 262 g/mol. The standard InChI is InChI=1S/C16H17N5/c1-2-8-21-11-13(9-17)15-14(10-18-20-15)19-16(21)12-6-4-3-5-7-12/h3-7,9-11,17H,2,8H2,1H3,(H,18,20). The van der Waals surface area contributed by atoms with Crippen molar-refractivity contribution in [1.82, 2.24) is 15.1 Å². The number of amidine groups is 1. The van der Waals surface area contributed by atoms with Crippen molar-refractivity contribution in [3.05, 3.63) is 54.0 Å². The number of hydrogen-bond donors (Lipinski definition) is 2. The van der Waals surface area contributed by atoms with Crippen LogP contribution < -0.4 is 0 Å². The molecule has 2 N–H and O–H groups in total. The van der Waals surface area contributed by atoms with Gasteiger partial charge in [-0.1, -0.05) is 37.3 Å². The monoisotopic (exact) mass is 279 g/mol. The molecule has 106 valence electrons. The lowest BCUT2D eigenvalue weighted by Crippen LogP contribution is -2.27. The molecule has 0 unspecified atom stereocenters. The number of H-pyrrole nitrogens is 1. The molecule has 1 aliphatic rings. The summed E-state index contributed by atoms with van der Waals surface area (Å²) in [5.41, 5.74) is 3.39. The SMILES string of the molecule is CCCN1C=C(C=N)c2[nH]ncc2N=C1c1ccccc1. The van der Waals surface area contributed by atoms with Gasteiger partial charge in [-0.25, -0.2) is 4.99 Å². The van der Waals surface area contributed by atoms with E-state index in [4.69, 9.17) is 10.4 Å². The molecule has 0 radical (unpaired) electrons. The van der Waals surface area contributed by atoms with Gasteiger partial charge >= 0.3 is 0 Å². The molecule has 3 rings (SSSR count). The summed E-state index contributed by atoms with van der Waals surface area (Å²) < 4.78 is 0. The lowest BCUT2D eigenvalue weighted by Gasteiger charge is -2.21. The summed E-state index contributed by atoms with van der Waals surface area (Å²) in [6.07, 6.45) is 6.00. The van der Waals surface area contributed by atoms with Crippen LogP contribution in [0.4, 0.5) is 5.69 Å². The van der Waals surface area contributed by atoms with Gasteiger partial charge in [0.15, 0.2) is 0 Å². The van der Waals surface area contributed by atoms with Gasteiger partial charge in [0.25, 0.3) is 0 Å². The van der Waals surface area contributed by atoms with Crippen LogP contribution >= 0.6 is 0 Å². The van der Waals surface area contributed by atoms with E-state index >= 15 is 0 Å². The molecule has 0 atom stereocenters. The van der Waals surface area contributed by atoms with Crippen LogP contribution in [0.2, 0.25) is 0 Å². The van der Waals surface area contributed by atoms with Crippen molar-refractivity contribution in [1.29, 1.82) is 5.41 Å². The first-order chi connectivity index (χ1) is 10.3. The minimum Gasteiger partial charge on any atom is -0.332 e. The summed E-state index contributed by atoms with van der Waals surface area (Å²) in [7, 11) is 0. The molecule has 1 aliphatic heterocycles. The summed E-state index contributed by atoms with van der Waals surface area (Å²) >= 11 is 0. The quantitative estimate of drug-likeness (QED) is 0.844. The highest BCUT2D eigenvalue weighted by atomic mass is 15.2. The third-order valence-electron chi connectivity index (χ3n) is 3.35. The average Bonchev–Trinajstić information content (AvgIpc) is 2.93. The van der Waals surface area contributed by atoms with E-state index in [0.29, 0.717) is 0 Å². The van der Waals surface area contributed by atoms with Gasteiger partial charge in [-0.05, 0) is 6.42 Å². The lowest BCUT2D eigenvalue weighted by atomic mass is 10.2. The maximum Gasteiger partial charge on any atom is 0.140 e. The second-order valence-electron chi connectivity index (χ2n) is 4.85. The summed E-state index contributed by atoms with van der Waals surface area (Å²) in [4.78, 5) is 6.86. The normalized spacial score (nSPS) is 14.0. The van der Waals surface area contributed by atoms with E-state index in [1.54, 1.807) is 6.20 Å². The molecule has 0 amide bonds. The molecule has 2 heterocycles. The molecule has 0 saturated carbocycles. The van der Waals surface area contributed by atoms with Crippen LogP contribution in [0.1, 0.15) is 24.6 Å². The third kappa shape index (κ3) is 2.50. The summed E-state index contributed by atoms with van der Waals surface area (Å²) in [6, 6.07) is 10.1. The molecule has 0 aliphatic carbocycles. The highest BCUT2D eigenvalue weighted by Crippen LogP contribution is 2.28. The van der Waals surface area contributed by atoms with E-state index < -0.39 is 0 Å². The zero-order valence-corrected chi connectivity index (χ0v) is 11.9. The van der Waals surface area contributed by atoms with Crippen molar-refractivity contribution < 1.29 is 0 Å². The number of aromatic amines is 1. The second-order valence-corrected chi connectivity index (χ2v) is 4.85. The van der Waals surface area contributed by atoms with Crippen LogP contribution in [0.5, 0.6) is 0 Å². The molecule has 0 saturated heterocycles. The van der Waals surface area contributed by atoms with E-state index in [1.807, 2.05) is 36.5 Å². The topological polar surface area (TPSA) is 68.1 Å². The van der Waals surface area contributed by atoms with Crippen LogP contribution in [0.15, 0.2) is 47.7 Å². The average molecular weight is 279 g/mol. The fraction of sp³-hybridized carbons (Fsp3) is 0.188. The predicted octanol–water partition coefficient (Wildman–Crippen LogP) is 3.20. The highest BCUT2D eigenvalue weighted by Gasteiger charge is 2.19. The number of fused-ring (bicyclic) bond motifs is 1. The maximum absolute atomic E-state index is 7.64. The van der Waals surface area contributed by atoms with Gasteiger partial charge in [0, 0.05) is 30.1 Å². The fourth-order valence-electron chi connectivity index (χ4n) is 2.39. The number of aromatic nitrogens is 2. The Bertz CT molecular complexity index is 696. The van der Waals surface area contributed by atoms with Crippen LogP contribution in [-0.2, 0) is 0 Å². The van der Waals surface area contributed by atoms with Crippen LogP contribution in [0.25, 0.3) is 5.57 Å². The number of benzene rings is 1. The van der Waals surface area contributed by atoms with Crippen molar-refractivity contribution in [2.45, 2.75) is 13.3 Å². The Balaban J connectivity index is 2.16. The molecule has 0 fully saturated rings. The van der Waals surface area contributed by atoms with E-state index in [0.717, 1.165) is 41.3 Å². The Morgan fingerprint density at radius 3 is 2.81 bits per heavy atom. The number of aliphatic imine (C=N–C) groups is 1. The molecule has 1 aromatic heterocycles. The molecule has 2 aromatic rings. The maximum atomic E-state index is 7.64. The first-order valence-corrected chi connectivity index (χ1v) is 7.00. The van der Waals surface area contributed by atoms with Crippen LogP contribution in [0, 0.1) is 5.41 Å². The number of nitrogens with one attached hydrogen (secondary N) is 2. The number of allylic oxidation sites excluding steroid dienone is 1. The predicted molar refractivity (Wildman–Crippen MR) is 85.0 cm³/mol. The summed E-state index contributed by atoms with van der Waals surface area (Å²) in [6.45, 7) is 2.98. The molecule has 1 aromatic carbocycles. The summed E-state index contributed by atoms with van der Waals surface area (Å²) in [5.74, 6) is 0.886. The molecule has 0 spiro atoms. The Hall–Kier alpha value is -2.69. The van der Waals surface area contributed by atoms with E-state index in [-0.39, 0.29) is 0 Å². The number of nitrogens with zero attached hydrogens (tertiary/aromatic N) is 3. The van der Waals surface area contributed by atoms with Crippen LogP contribution in [-0.4, -0.2) is 33.7 Å². The molecular formula is C16H17N5. The highest BCUT2D eigenvalue weighted by molar-refractivity contribution is 6.12. The van der Waals surface area contributed by atoms with Crippen molar-refractivity contribution in [2.75, 3.05) is 6.54 Å². The Morgan fingerprint density at radius 2 is 2.10 bits per heavy atom. The Kier molecular flexibility index (Phi) is 3.64. The zero-order valence-electron chi connectivity index (χ0n) is 11.9. The van der Waals surface area contributed by atoms with Gasteiger partial charge < -0.3 is 10.3 Å². The van der Waals surface area contributed by atoms with Crippen molar-refractivity contribution >= 4 is 23.3 Å². The van der Waals surface area contributed by atoms with Gasteiger partial charge in [0.05, 0.1) is 11.9 Å². The summed E-state index contributed by atoms with van der Waals surface area (Å²) in [5, 5.41) is 14.6. The smallest absolute Gasteiger partial charge is 0.140 e. The lowest BCUT2D eigenvalue weighted by molar-refractivity contribution is 0.552. The fourth-order valence-corrected chi connectivity index (χ4v) is 2.39. The van der Waals surface area contributed by atoms with Gasteiger partial charge in [-0.2, -0.15) is 5.10 Å². The zero-order chi connectivity index (χ0) is 14.7. The van der Waals surface area contributed by atoms with Gasteiger partial charge in [0.1, 0.15) is 11.5 Å². The van der Waals surface area contributed by atoms with Gasteiger partial charge in [-0.15, -0.1) is 0 Å². The number of hydrogen-bond acceptors (Lipinski definition) is 4. The van der Waals surface area contributed by atoms with E-state index in [9.17, 15) is 0 Å². The minimum atomic E-state index is 0.766. The van der Waals surface area contributed by atoms with Crippen LogP contribution in [0.3, 0.4) is 0 Å². The third-order valence-corrected chi connectivity index (χ3v) is 3.35. The van der Waals surface area contributed by atoms with E-state index in [2.05, 4.69) is 22.0 Å². The second kappa shape index (κ2) is 5.75. The van der Waals surface area contributed by atoms with Crippen molar-refractivity contribution in [3.8, 4) is 0 Å². The van der Waals surface area contributed by atoms with E-state index in [1.165, 1.54) is 6.21 Å². The molecule has 0 bridgehead atoms. The minimum absolute atomic E-state index is 0.766. The first-order valence-electron chi connectivity index (χ1n) is 7.00. The Morgan fingerprint density at radius 1 is 1.29 bits per heavy atom. The number of rotatable bonds is 4. The molecule has 5 heteroatoms. The molecule has 5 nitrogen and oxygen atoms in total. The Labute approximate surface area is 123 Å². The van der Waals surface area contributed by atoms with Crippen molar-refractivity contribution in [3.63, 3.8) is 0 Å².